The maximum absolute atomic E-state index is 13.0. The molecule has 0 fully saturated rings. The fourth-order valence-electron chi connectivity index (χ4n) is 3.21. The lowest BCUT2D eigenvalue weighted by molar-refractivity contribution is 0.0976. The van der Waals surface area contributed by atoms with E-state index >= 15 is 0 Å². The second-order valence-electron chi connectivity index (χ2n) is 6.22. The Balaban J connectivity index is 1.81. The molecule has 4 rings (SSSR count). The fourth-order valence-corrected chi connectivity index (χ4v) is 4.90. The number of ketones is 2. The van der Waals surface area contributed by atoms with E-state index < -0.39 is 15.8 Å². The highest BCUT2D eigenvalue weighted by Crippen LogP contribution is 2.32. The molecule has 0 heterocycles. The van der Waals surface area contributed by atoms with E-state index in [0.29, 0.717) is 5.69 Å². The van der Waals surface area contributed by atoms with E-state index in [1.54, 1.807) is 54.2 Å². The van der Waals surface area contributed by atoms with Crippen molar-refractivity contribution in [1.29, 1.82) is 0 Å². The van der Waals surface area contributed by atoms with Crippen LogP contribution in [-0.2, 0) is 10.0 Å². The van der Waals surface area contributed by atoms with E-state index in [4.69, 9.17) is 0 Å². The number of benzene rings is 3. The Morgan fingerprint density at radius 1 is 0.750 bits per heavy atom. The van der Waals surface area contributed by atoms with Crippen molar-refractivity contribution in [2.75, 3.05) is 11.0 Å². The van der Waals surface area contributed by atoms with Crippen LogP contribution in [0.3, 0.4) is 0 Å². The molecule has 5 nitrogen and oxygen atoms in total. The first-order chi connectivity index (χ1) is 13.4. The highest BCUT2D eigenvalue weighted by atomic mass is 32.2. The summed E-state index contributed by atoms with van der Waals surface area (Å²) in [5, 5.41) is 0. The molecule has 1 aliphatic rings. The van der Waals surface area contributed by atoms with Crippen LogP contribution in [0.4, 0.5) is 5.69 Å². The van der Waals surface area contributed by atoms with Gasteiger partial charge in [0.25, 0.3) is 10.0 Å². The number of hydrogen-bond donors (Lipinski definition) is 1. The quantitative estimate of drug-likeness (QED) is 0.516. The summed E-state index contributed by atoms with van der Waals surface area (Å²) in [7, 11) is -4.06. The minimum atomic E-state index is -4.06. The van der Waals surface area contributed by atoms with Crippen LogP contribution in [0.2, 0.25) is 0 Å². The zero-order valence-electron chi connectivity index (χ0n) is 14.8. The van der Waals surface area contributed by atoms with Gasteiger partial charge >= 0.3 is 0 Å². The van der Waals surface area contributed by atoms with Gasteiger partial charge in [0, 0.05) is 27.3 Å². The van der Waals surface area contributed by atoms with Crippen molar-refractivity contribution in [3.05, 3.63) is 89.0 Å². The molecule has 0 bridgehead atoms. The number of sulfonamides is 1. The predicted molar refractivity (Wildman–Crippen MR) is 109 cm³/mol. The summed E-state index contributed by atoms with van der Waals surface area (Å²) in [5.74, 6) is -0.824. The maximum Gasteiger partial charge on any atom is 0.262 e. The Kier molecular flexibility index (Phi) is 4.56. The smallest absolute Gasteiger partial charge is 0.262 e. The van der Waals surface area contributed by atoms with Crippen molar-refractivity contribution >= 4 is 39.0 Å². The first-order valence-corrected chi connectivity index (χ1v) is 11.1. The van der Waals surface area contributed by atoms with Gasteiger partial charge in [-0.3, -0.25) is 14.3 Å². The van der Waals surface area contributed by atoms with Crippen LogP contribution in [0.15, 0.2) is 76.5 Å². The van der Waals surface area contributed by atoms with E-state index in [2.05, 4.69) is 4.72 Å². The highest BCUT2D eigenvalue weighted by molar-refractivity contribution is 7.98. The molecule has 1 N–H and O–H groups in total. The standard InChI is InChI=1S/C21H15NO4S2/c1-27-14-11-9-13(10-12-14)22-28(25,26)18-8-4-7-17-19(18)21(24)16-6-3-2-5-15(16)20(17)23/h2-12,22H,1H3. The maximum atomic E-state index is 13.0. The van der Waals surface area contributed by atoms with Crippen LogP contribution in [0.1, 0.15) is 31.8 Å². The number of hydrogen-bond acceptors (Lipinski definition) is 5. The van der Waals surface area contributed by atoms with Crippen molar-refractivity contribution in [2.45, 2.75) is 9.79 Å². The van der Waals surface area contributed by atoms with Gasteiger partial charge in [-0.05, 0) is 36.6 Å². The molecule has 0 spiro atoms. The van der Waals surface area contributed by atoms with E-state index in [0.717, 1.165) is 4.90 Å². The molecule has 28 heavy (non-hydrogen) atoms. The number of carbonyl (C=O) groups is 2. The van der Waals surface area contributed by atoms with Gasteiger partial charge in [-0.1, -0.05) is 36.4 Å². The molecule has 0 saturated heterocycles. The summed E-state index contributed by atoms with van der Waals surface area (Å²) in [5.41, 5.74) is 0.899. The van der Waals surface area contributed by atoms with Gasteiger partial charge in [0.15, 0.2) is 11.6 Å². The van der Waals surface area contributed by atoms with Crippen LogP contribution in [0, 0.1) is 0 Å². The molecule has 0 aliphatic heterocycles. The van der Waals surface area contributed by atoms with Crippen molar-refractivity contribution in [1.82, 2.24) is 0 Å². The fraction of sp³-hybridized carbons (Fsp3) is 0.0476. The van der Waals surface area contributed by atoms with E-state index in [1.807, 2.05) is 6.26 Å². The summed E-state index contributed by atoms with van der Waals surface area (Å²) < 4.78 is 28.5. The van der Waals surface area contributed by atoms with E-state index in [-0.39, 0.29) is 32.9 Å². The zero-order chi connectivity index (χ0) is 19.9. The summed E-state index contributed by atoms with van der Waals surface area (Å²) >= 11 is 1.55. The van der Waals surface area contributed by atoms with Crippen LogP contribution in [0.25, 0.3) is 0 Å². The molecule has 140 valence electrons. The summed E-state index contributed by atoms with van der Waals surface area (Å²) in [6, 6.07) is 17.6. The molecule has 7 heteroatoms. The van der Waals surface area contributed by atoms with Gasteiger partial charge < -0.3 is 0 Å². The van der Waals surface area contributed by atoms with Gasteiger partial charge in [0.2, 0.25) is 0 Å². The predicted octanol–water partition coefficient (Wildman–Crippen LogP) is 3.98. The van der Waals surface area contributed by atoms with Crippen LogP contribution in [0.5, 0.6) is 0 Å². The molecule has 0 amide bonds. The Morgan fingerprint density at radius 2 is 1.36 bits per heavy atom. The summed E-state index contributed by atoms with van der Waals surface area (Å²) in [6.07, 6.45) is 1.93. The van der Waals surface area contributed by atoms with Gasteiger partial charge in [0.1, 0.15) is 0 Å². The lowest BCUT2D eigenvalue weighted by atomic mass is 9.84. The lowest BCUT2D eigenvalue weighted by Gasteiger charge is -2.20. The third kappa shape index (κ3) is 3.02. The molecule has 0 aromatic heterocycles. The number of thioether (sulfide) groups is 1. The third-order valence-electron chi connectivity index (χ3n) is 4.55. The second-order valence-corrected chi connectivity index (χ2v) is 8.75. The Hall–Kier alpha value is -2.90. The second kappa shape index (κ2) is 6.92. The molecule has 0 unspecified atom stereocenters. The van der Waals surface area contributed by atoms with Gasteiger partial charge in [0.05, 0.1) is 10.5 Å². The summed E-state index contributed by atoms with van der Waals surface area (Å²) in [4.78, 5) is 26.6. The monoisotopic (exact) mass is 409 g/mol. The van der Waals surface area contributed by atoms with Crippen LogP contribution >= 0.6 is 11.8 Å². The topological polar surface area (TPSA) is 80.3 Å². The SMILES string of the molecule is CSc1ccc(NS(=O)(=O)c2cccc3c2C(=O)c2ccccc2C3=O)cc1. The molecule has 1 aliphatic carbocycles. The van der Waals surface area contributed by atoms with Crippen LogP contribution < -0.4 is 4.72 Å². The Labute approximate surface area is 166 Å². The molecular formula is C21H15NO4S2. The Bertz CT molecular complexity index is 1220. The third-order valence-corrected chi connectivity index (χ3v) is 6.71. The van der Waals surface area contributed by atoms with Crippen molar-refractivity contribution in [3.8, 4) is 0 Å². The molecule has 0 saturated carbocycles. The van der Waals surface area contributed by atoms with Gasteiger partial charge in [-0.15, -0.1) is 11.8 Å². The molecule has 3 aromatic rings. The highest BCUT2D eigenvalue weighted by Gasteiger charge is 2.34. The minimum Gasteiger partial charge on any atom is -0.289 e. The molecule has 0 atom stereocenters. The van der Waals surface area contributed by atoms with Crippen LogP contribution in [-0.4, -0.2) is 26.2 Å². The van der Waals surface area contributed by atoms with Crippen molar-refractivity contribution in [3.63, 3.8) is 0 Å². The number of anilines is 1. The average Bonchev–Trinajstić information content (AvgIpc) is 2.72. The van der Waals surface area contributed by atoms with Crippen molar-refractivity contribution < 1.29 is 18.0 Å². The lowest BCUT2D eigenvalue weighted by Crippen LogP contribution is -2.25. The van der Waals surface area contributed by atoms with E-state index in [9.17, 15) is 18.0 Å². The van der Waals surface area contributed by atoms with E-state index in [1.165, 1.54) is 24.3 Å². The number of fused-ring (bicyclic) bond motifs is 2. The number of rotatable bonds is 4. The number of nitrogens with one attached hydrogen (secondary N) is 1. The first-order valence-electron chi connectivity index (χ1n) is 8.40. The normalized spacial score (nSPS) is 13.0. The molecule has 0 radical (unpaired) electrons. The average molecular weight is 409 g/mol. The van der Waals surface area contributed by atoms with Gasteiger partial charge in [-0.25, -0.2) is 8.42 Å². The summed E-state index contributed by atoms with van der Waals surface area (Å²) in [6.45, 7) is 0. The first kappa shape index (κ1) is 18.5. The zero-order valence-corrected chi connectivity index (χ0v) is 16.4. The largest absolute Gasteiger partial charge is 0.289 e. The minimum absolute atomic E-state index is 0.0839. The molecule has 3 aromatic carbocycles. The van der Waals surface area contributed by atoms with Gasteiger partial charge in [-0.2, -0.15) is 0 Å². The molecular weight excluding hydrogens is 394 g/mol. The van der Waals surface area contributed by atoms with Crippen molar-refractivity contribution in [2.24, 2.45) is 0 Å². The number of carbonyl (C=O) groups excluding carboxylic acids is 2. The Morgan fingerprint density at radius 3 is 2.00 bits per heavy atom.